The first-order chi connectivity index (χ1) is 22.5. The summed E-state index contributed by atoms with van der Waals surface area (Å²) >= 11 is 0. The molecule has 2 saturated heterocycles. The van der Waals surface area contributed by atoms with Crippen LogP contribution in [0.3, 0.4) is 0 Å². The maximum atomic E-state index is 12.0. The van der Waals surface area contributed by atoms with Crippen LogP contribution in [0.25, 0.3) is 0 Å². The SMILES string of the molecule is CCCCCC1OC1C/C=C\CCCCCCCC(=O)OCC(O)COC(=O)CCCCCCC/C=C\CC1OC1CCCCC. The van der Waals surface area contributed by atoms with Crippen LogP contribution in [-0.4, -0.2) is 60.8 Å². The Bertz CT molecular complexity index is 759. The summed E-state index contributed by atoms with van der Waals surface area (Å²) in [5, 5.41) is 10.0. The van der Waals surface area contributed by atoms with Gasteiger partial charge in [-0.25, -0.2) is 0 Å². The molecule has 0 saturated carbocycles. The van der Waals surface area contributed by atoms with E-state index in [-0.39, 0.29) is 25.2 Å². The lowest BCUT2D eigenvalue weighted by molar-refractivity contribution is -0.152. The zero-order chi connectivity index (χ0) is 33.1. The average molecular weight is 649 g/mol. The van der Waals surface area contributed by atoms with Crippen molar-refractivity contribution in [1.82, 2.24) is 0 Å². The largest absolute Gasteiger partial charge is 0.463 e. The summed E-state index contributed by atoms with van der Waals surface area (Å²) in [5.41, 5.74) is 0. The van der Waals surface area contributed by atoms with E-state index in [0.717, 1.165) is 77.0 Å². The summed E-state index contributed by atoms with van der Waals surface area (Å²) in [6.07, 6.45) is 35.7. The molecule has 7 nitrogen and oxygen atoms in total. The van der Waals surface area contributed by atoms with Gasteiger partial charge in [-0.2, -0.15) is 0 Å². The third-order valence-corrected chi connectivity index (χ3v) is 9.01. The Labute approximate surface area is 281 Å². The zero-order valence-electron chi connectivity index (χ0n) is 29.5. The van der Waals surface area contributed by atoms with Crippen molar-refractivity contribution in [2.45, 2.75) is 198 Å². The number of rotatable bonds is 32. The fourth-order valence-electron chi connectivity index (χ4n) is 5.86. The highest BCUT2D eigenvalue weighted by Crippen LogP contribution is 2.31. The van der Waals surface area contributed by atoms with Gasteiger partial charge in [-0.3, -0.25) is 9.59 Å². The smallest absolute Gasteiger partial charge is 0.305 e. The fraction of sp³-hybridized carbons (Fsp3) is 0.846. The summed E-state index contributed by atoms with van der Waals surface area (Å²) in [4.78, 5) is 23.9. The van der Waals surface area contributed by atoms with Crippen molar-refractivity contribution in [2.24, 2.45) is 0 Å². The first kappa shape index (κ1) is 40.5. The van der Waals surface area contributed by atoms with E-state index in [2.05, 4.69) is 38.2 Å². The molecule has 7 heteroatoms. The van der Waals surface area contributed by atoms with Crippen LogP contribution in [0.4, 0.5) is 0 Å². The summed E-state index contributed by atoms with van der Waals surface area (Å²) in [7, 11) is 0. The lowest BCUT2D eigenvalue weighted by Crippen LogP contribution is -2.25. The molecule has 0 amide bonds. The molecule has 2 rings (SSSR count). The number of epoxide rings is 2. The Hall–Kier alpha value is -1.70. The highest BCUT2D eigenvalue weighted by Gasteiger charge is 2.37. The number of esters is 2. The standard InChI is InChI=1S/C39H68O7/c1-3-5-19-25-34-36(45-34)27-21-15-11-7-9-13-17-23-29-38(41)43-31-33(40)32-44-39(42)30-24-18-14-10-8-12-16-22-28-37-35(46-37)26-20-6-4-2/h15-16,21-22,33-37,40H,3-14,17-20,23-32H2,1-2H3/b21-15-,22-16-. The Morgan fingerprint density at radius 1 is 0.565 bits per heavy atom. The van der Waals surface area contributed by atoms with Gasteiger partial charge in [-0.15, -0.1) is 0 Å². The maximum absolute atomic E-state index is 12.0. The van der Waals surface area contributed by atoms with Crippen molar-refractivity contribution < 1.29 is 33.6 Å². The Morgan fingerprint density at radius 2 is 0.978 bits per heavy atom. The average Bonchev–Trinajstić information content (AvgIpc) is 3.98. The summed E-state index contributed by atoms with van der Waals surface area (Å²) < 4.78 is 21.8. The molecule has 0 bridgehead atoms. The minimum absolute atomic E-state index is 0.133. The Balaban J connectivity index is 1.28. The number of unbranched alkanes of at least 4 members (excludes halogenated alkanes) is 14. The molecular weight excluding hydrogens is 580 g/mol. The molecule has 0 aliphatic carbocycles. The van der Waals surface area contributed by atoms with Crippen LogP contribution >= 0.6 is 0 Å². The van der Waals surface area contributed by atoms with Crippen molar-refractivity contribution in [3.63, 3.8) is 0 Å². The predicted octanol–water partition coefficient (Wildman–Crippen LogP) is 9.48. The number of hydrogen-bond acceptors (Lipinski definition) is 7. The van der Waals surface area contributed by atoms with Gasteiger partial charge in [0.05, 0.1) is 24.4 Å². The van der Waals surface area contributed by atoms with E-state index in [0.29, 0.717) is 37.3 Å². The second-order valence-corrected chi connectivity index (χ2v) is 13.5. The van der Waals surface area contributed by atoms with Gasteiger partial charge >= 0.3 is 11.9 Å². The third-order valence-electron chi connectivity index (χ3n) is 9.01. The molecule has 2 fully saturated rings. The van der Waals surface area contributed by atoms with Gasteiger partial charge < -0.3 is 24.1 Å². The van der Waals surface area contributed by atoms with Gasteiger partial charge in [0.2, 0.25) is 0 Å². The number of hydrogen-bond donors (Lipinski definition) is 1. The van der Waals surface area contributed by atoms with E-state index in [1.54, 1.807) is 0 Å². The van der Waals surface area contributed by atoms with Crippen molar-refractivity contribution in [2.75, 3.05) is 13.2 Å². The highest BCUT2D eigenvalue weighted by atomic mass is 16.6. The van der Waals surface area contributed by atoms with Crippen LogP contribution in [0.2, 0.25) is 0 Å². The third kappa shape index (κ3) is 22.8. The van der Waals surface area contributed by atoms with E-state index in [1.807, 2.05) is 0 Å². The molecule has 0 aromatic rings. The molecule has 0 aromatic heterocycles. The van der Waals surface area contributed by atoms with Crippen LogP contribution in [0.5, 0.6) is 0 Å². The molecule has 0 spiro atoms. The fourth-order valence-corrected chi connectivity index (χ4v) is 5.86. The normalized spacial score (nSPS) is 21.2. The minimum atomic E-state index is -0.981. The van der Waals surface area contributed by atoms with E-state index >= 15 is 0 Å². The predicted molar refractivity (Wildman–Crippen MR) is 186 cm³/mol. The molecule has 4 unspecified atom stereocenters. The van der Waals surface area contributed by atoms with Gasteiger partial charge in [0.15, 0.2) is 0 Å². The van der Waals surface area contributed by atoms with Gasteiger partial charge in [-0.1, -0.05) is 115 Å². The van der Waals surface area contributed by atoms with Gasteiger partial charge in [0.1, 0.15) is 19.3 Å². The van der Waals surface area contributed by atoms with Crippen LogP contribution < -0.4 is 0 Å². The number of aliphatic hydroxyl groups is 1. The monoisotopic (exact) mass is 648 g/mol. The number of carbonyl (C=O) groups excluding carboxylic acids is 2. The molecule has 2 aliphatic heterocycles. The molecule has 266 valence electrons. The molecule has 2 heterocycles. The lowest BCUT2D eigenvalue weighted by Gasteiger charge is -2.12. The molecule has 4 atom stereocenters. The molecule has 1 N–H and O–H groups in total. The number of allylic oxidation sites excluding steroid dienone is 2. The van der Waals surface area contributed by atoms with E-state index in [4.69, 9.17) is 18.9 Å². The van der Waals surface area contributed by atoms with Crippen molar-refractivity contribution in [1.29, 1.82) is 0 Å². The molecule has 0 radical (unpaired) electrons. The highest BCUT2D eigenvalue weighted by molar-refractivity contribution is 5.69. The van der Waals surface area contributed by atoms with Crippen molar-refractivity contribution >= 4 is 11.9 Å². The summed E-state index contributed by atoms with van der Waals surface area (Å²) in [6.45, 7) is 4.20. The topological polar surface area (TPSA) is 97.9 Å². The van der Waals surface area contributed by atoms with Crippen LogP contribution in [-0.2, 0) is 28.5 Å². The van der Waals surface area contributed by atoms with Gasteiger partial charge in [-0.05, 0) is 64.2 Å². The summed E-state index contributed by atoms with van der Waals surface area (Å²) in [5.74, 6) is -0.607. The molecule has 0 aromatic carbocycles. The Kier molecular flexibility index (Phi) is 24.0. The Morgan fingerprint density at radius 3 is 1.41 bits per heavy atom. The van der Waals surface area contributed by atoms with E-state index in [9.17, 15) is 14.7 Å². The number of ether oxygens (including phenoxy) is 4. The molecule has 46 heavy (non-hydrogen) atoms. The van der Waals surface area contributed by atoms with Crippen LogP contribution in [0, 0.1) is 0 Å². The second-order valence-electron chi connectivity index (χ2n) is 13.5. The first-order valence-corrected chi connectivity index (χ1v) is 19.1. The van der Waals surface area contributed by atoms with Crippen LogP contribution in [0.1, 0.15) is 168 Å². The first-order valence-electron chi connectivity index (χ1n) is 19.1. The minimum Gasteiger partial charge on any atom is -0.463 e. The molecule has 2 aliphatic rings. The van der Waals surface area contributed by atoms with E-state index in [1.165, 1.54) is 64.2 Å². The number of aliphatic hydroxyl groups excluding tert-OH is 1. The summed E-state index contributed by atoms with van der Waals surface area (Å²) in [6, 6.07) is 0. The van der Waals surface area contributed by atoms with Crippen molar-refractivity contribution in [3.8, 4) is 0 Å². The second kappa shape index (κ2) is 27.3. The molecular formula is C39H68O7. The van der Waals surface area contributed by atoms with Crippen LogP contribution in [0.15, 0.2) is 24.3 Å². The van der Waals surface area contributed by atoms with Gasteiger partial charge in [0, 0.05) is 12.8 Å². The van der Waals surface area contributed by atoms with Crippen molar-refractivity contribution in [3.05, 3.63) is 24.3 Å². The van der Waals surface area contributed by atoms with Gasteiger partial charge in [0.25, 0.3) is 0 Å². The quantitative estimate of drug-likeness (QED) is 0.0336. The maximum Gasteiger partial charge on any atom is 0.305 e. The number of carbonyl (C=O) groups is 2. The lowest BCUT2D eigenvalue weighted by atomic mass is 10.1. The zero-order valence-corrected chi connectivity index (χ0v) is 29.5. The van der Waals surface area contributed by atoms with E-state index < -0.39 is 6.10 Å².